The molecule has 0 unspecified atom stereocenters. The minimum absolute atomic E-state index is 0.0923. The fourth-order valence-corrected chi connectivity index (χ4v) is 4.01. The molecule has 4 aromatic rings. The molecule has 0 fully saturated rings. The van der Waals surface area contributed by atoms with Gasteiger partial charge in [-0.1, -0.05) is 30.3 Å². The number of rotatable bonds is 8. The minimum Gasteiger partial charge on any atom is -0.497 e. The average Bonchev–Trinajstić information content (AvgIpc) is 3.41. The molecular formula is C26H24BrN3O4. The third-order valence-electron chi connectivity index (χ3n) is 5.40. The summed E-state index contributed by atoms with van der Waals surface area (Å²) in [5.41, 5.74) is 4.14. The molecule has 34 heavy (non-hydrogen) atoms. The molecule has 2 amide bonds. The monoisotopic (exact) mass is 521 g/mol. The van der Waals surface area contributed by atoms with E-state index >= 15 is 0 Å². The van der Waals surface area contributed by atoms with Crippen molar-refractivity contribution in [1.82, 2.24) is 15.6 Å². The lowest BCUT2D eigenvalue weighted by molar-refractivity contribution is -0.117. The van der Waals surface area contributed by atoms with Crippen molar-refractivity contribution >= 4 is 44.7 Å². The maximum absolute atomic E-state index is 13.1. The van der Waals surface area contributed by atoms with Crippen LogP contribution < -0.4 is 15.4 Å². The number of ether oxygens (including phenoxy) is 1. The van der Waals surface area contributed by atoms with Crippen LogP contribution in [0.4, 0.5) is 0 Å². The molecule has 0 spiro atoms. The number of hydrogen-bond acceptors (Lipinski definition) is 4. The third kappa shape index (κ3) is 5.40. The molecule has 0 aliphatic heterocycles. The third-order valence-corrected chi connectivity index (χ3v) is 5.83. The molecule has 2 aromatic carbocycles. The quantitative estimate of drug-likeness (QED) is 0.285. The van der Waals surface area contributed by atoms with E-state index in [0.29, 0.717) is 23.4 Å². The van der Waals surface area contributed by atoms with Gasteiger partial charge in [0.15, 0.2) is 10.4 Å². The topological polar surface area (TPSA) is 96.4 Å². The van der Waals surface area contributed by atoms with Gasteiger partial charge in [0.1, 0.15) is 11.4 Å². The summed E-state index contributed by atoms with van der Waals surface area (Å²) in [5, 5.41) is 6.72. The Kier molecular flexibility index (Phi) is 7.18. The highest BCUT2D eigenvalue weighted by Gasteiger charge is 2.17. The first kappa shape index (κ1) is 23.4. The number of carbonyl (C=O) groups is 2. The van der Waals surface area contributed by atoms with E-state index in [9.17, 15) is 9.59 Å². The lowest BCUT2D eigenvalue weighted by Gasteiger charge is -2.11. The molecular weight excluding hydrogens is 498 g/mol. The number of para-hydroxylation sites is 1. The van der Waals surface area contributed by atoms with Gasteiger partial charge in [0.25, 0.3) is 11.8 Å². The number of benzene rings is 2. The molecule has 8 heteroatoms. The van der Waals surface area contributed by atoms with Crippen molar-refractivity contribution < 1.29 is 18.7 Å². The minimum atomic E-state index is -0.520. The molecule has 0 radical (unpaired) electrons. The SMILES string of the molecule is COc1ccc(/C=C(\NC(=O)c2ccc(Br)o2)C(=O)NCCc2c(C)[nH]c3ccccc23)cc1. The molecule has 0 aliphatic carbocycles. The van der Waals surface area contributed by atoms with Crippen LogP contribution in [0.5, 0.6) is 5.75 Å². The van der Waals surface area contributed by atoms with E-state index in [2.05, 4.69) is 37.6 Å². The Morgan fingerprint density at radius 2 is 1.85 bits per heavy atom. The molecule has 174 valence electrons. The number of aromatic amines is 1. The molecule has 2 aromatic heterocycles. The van der Waals surface area contributed by atoms with Gasteiger partial charge in [-0.25, -0.2) is 0 Å². The Hall–Kier alpha value is -3.78. The Balaban J connectivity index is 1.50. The highest BCUT2D eigenvalue weighted by molar-refractivity contribution is 9.10. The second-order valence-electron chi connectivity index (χ2n) is 7.67. The van der Waals surface area contributed by atoms with E-state index in [1.54, 1.807) is 43.5 Å². The van der Waals surface area contributed by atoms with Crippen molar-refractivity contribution in [3.8, 4) is 5.75 Å². The van der Waals surface area contributed by atoms with Crippen LogP contribution in [0.1, 0.15) is 27.4 Å². The number of nitrogens with one attached hydrogen (secondary N) is 3. The molecule has 0 saturated carbocycles. The molecule has 7 nitrogen and oxygen atoms in total. The number of H-pyrrole nitrogens is 1. The van der Waals surface area contributed by atoms with Crippen LogP contribution >= 0.6 is 15.9 Å². The van der Waals surface area contributed by atoms with Crippen molar-refractivity contribution in [3.63, 3.8) is 0 Å². The second-order valence-corrected chi connectivity index (χ2v) is 8.45. The van der Waals surface area contributed by atoms with Crippen molar-refractivity contribution in [1.29, 1.82) is 0 Å². The summed E-state index contributed by atoms with van der Waals surface area (Å²) < 4.78 is 10.9. The Labute approximate surface area is 205 Å². The zero-order valence-corrected chi connectivity index (χ0v) is 20.4. The summed E-state index contributed by atoms with van der Waals surface area (Å²) in [5.74, 6) is -0.128. The smallest absolute Gasteiger partial charge is 0.291 e. The first-order chi connectivity index (χ1) is 16.4. The van der Waals surface area contributed by atoms with Crippen LogP contribution in [0.3, 0.4) is 0 Å². The first-order valence-corrected chi connectivity index (χ1v) is 11.5. The number of methoxy groups -OCH3 is 1. The van der Waals surface area contributed by atoms with Gasteiger partial charge < -0.3 is 24.8 Å². The van der Waals surface area contributed by atoms with E-state index in [-0.39, 0.29) is 11.5 Å². The summed E-state index contributed by atoms with van der Waals surface area (Å²) in [6, 6.07) is 18.4. The van der Waals surface area contributed by atoms with Crippen LogP contribution in [0.15, 0.2) is 75.4 Å². The fourth-order valence-electron chi connectivity index (χ4n) is 3.70. The number of aromatic nitrogens is 1. The number of fused-ring (bicyclic) bond motifs is 1. The summed E-state index contributed by atoms with van der Waals surface area (Å²) in [7, 11) is 1.58. The van der Waals surface area contributed by atoms with Crippen LogP contribution in [-0.4, -0.2) is 30.5 Å². The predicted molar refractivity (Wildman–Crippen MR) is 135 cm³/mol. The lowest BCUT2D eigenvalue weighted by atomic mass is 10.1. The number of carbonyl (C=O) groups excluding carboxylic acids is 2. The van der Waals surface area contributed by atoms with Crippen molar-refractivity contribution in [3.05, 3.63) is 93.6 Å². The van der Waals surface area contributed by atoms with Gasteiger partial charge in [0, 0.05) is 23.1 Å². The summed E-state index contributed by atoms with van der Waals surface area (Å²) in [6.45, 7) is 2.43. The lowest BCUT2D eigenvalue weighted by Crippen LogP contribution is -2.35. The van der Waals surface area contributed by atoms with E-state index in [1.165, 1.54) is 6.07 Å². The van der Waals surface area contributed by atoms with Crippen molar-refractivity contribution in [2.24, 2.45) is 0 Å². The molecule has 4 rings (SSSR count). The summed E-state index contributed by atoms with van der Waals surface area (Å²) in [4.78, 5) is 29.1. The van der Waals surface area contributed by atoms with Gasteiger partial charge in [-0.15, -0.1) is 0 Å². The molecule has 0 saturated heterocycles. The molecule has 2 heterocycles. The highest BCUT2D eigenvalue weighted by atomic mass is 79.9. The number of halogens is 1. The maximum atomic E-state index is 13.1. The van der Waals surface area contributed by atoms with E-state index in [0.717, 1.165) is 27.7 Å². The normalized spacial score (nSPS) is 11.4. The molecule has 0 atom stereocenters. The standard InChI is InChI=1S/C26H24BrN3O4/c1-16-19(20-5-3-4-6-21(20)29-16)13-14-28-25(31)22(15-17-7-9-18(33-2)10-8-17)30-26(32)23-11-12-24(27)34-23/h3-12,15,29H,13-14H2,1-2H3,(H,28,31)(H,30,32)/b22-15-. The molecule has 3 N–H and O–H groups in total. The summed E-state index contributed by atoms with van der Waals surface area (Å²) in [6.07, 6.45) is 2.26. The van der Waals surface area contributed by atoms with Gasteiger partial charge >= 0.3 is 0 Å². The average molecular weight is 522 g/mol. The Morgan fingerprint density at radius 3 is 2.56 bits per heavy atom. The maximum Gasteiger partial charge on any atom is 0.291 e. The van der Waals surface area contributed by atoms with Crippen LogP contribution in [0, 0.1) is 6.92 Å². The van der Waals surface area contributed by atoms with Crippen LogP contribution in [0.2, 0.25) is 0 Å². The zero-order chi connectivity index (χ0) is 24.1. The van der Waals surface area contributed by atoms with Gasteiger partial charge in [0.2, 0.25) is 0 Å². The zero-order valence-electron chi connectivity index (χ0n) is 18.8. The Morgan fingerprint density at radius 1 is 1.09 bits per heavy atom. The molecule has 0 aliphatic rings. The van der Waals surface area contributed by atoms with Gasteiger partial charge in [-0.3, -0.25) is 9.59 Å². The molecule has 0 bridgehead atoms. The fraction of sp³-hybridized carbons (Fsp3) is 0.154. The second kappa shape index (κ2) is 10.4. The first-order valence-electron chi connectivity index (χ1n) is 10.7. The summed E-state index contributed by atoms with van der Waals surface area (Å²) >= 11 is 3.18. The van der Waals surface area contributed by atoms with E-state index in [4.69, 9.17) is 9.15 Å². The number of amides is 2. The number of aryl methyl sites for hydroxylation is 1. The highest BCUT2D eigenvalue weighted by Crippen LogP contribution is 2.22. The van der Waals surface area contributed by atoms with E-state index in [1.807, 2.05) is 25.1 Å². The van der Waals surface area contributed by atoms with E-state index < -0.39 is 11.8 Å². The van der Waals surface area contributed by atoms with Crippen molar-refractivity contribution in [2.75, 3.05) is 13.7 Å². The largest absolute Gasteiger partial charge is 0.497 e. The van der Waals surface area contributed by atoms with Crippen molar-refractivity contribution in [2.45, 2.75) is 13.3 Å². The van der Waals surface area contributed by atoms with Crippen LogP contribution in [0.25, 0.3) is 17.0 Å². The predicted octanol–water partition coefficient (Wildman–Crippen LogP) is 4.97. The van der Waals surface area contributed by atoms with Crippen LogP contribution in [-0.2, 0) is 11.2 Å². The number of furan rings is 1. The van der Waals surface area contributed by atoms with Gasteiger partial charge in [-0.2, -0.15) is 0 Å². The van der Waals surface area contributed by atoms with Gasteiger partial charge in [0.05, 0.1) is 7.11 Å². The van der Waals surface area contributed by atoms with Gasteiger partial charge in [-0.05, 0) is 76.8 Å². The Bertz CT molecular complexity index is 1350. The number of hydrogen-bond donors (Lipinski definition) is 3.